The Morgan fingerprint density at radius 3 is 2.80 bits per heavy atom. The molecule has 3 aromatic heterocycles. The Kier molecular flexibility index (Phi) is 5.29. The molecule has 0 saturated carbocycles. The summed E-state index contributed by atoms with van der Waals surface area (Å²) in [7, 11) is 3.82. The van der Waals surface area contributed by atoms with Gasteiger partial charge in [0, 0.05) is 45.5 Å². The number of rotatable bonds is 3. The van der Waals surface area contributed by atoms with Crippen molar-refractivity contribution >= 4 is 51.0 Å². The summed E-state index contributed by atoms with van der Waals surface area (Å²) in [5, 5.41) is 3.01. The summed E-state index contributed by atoms with van der Waals surface area (Å²) in [6, 6.07) is 3.68. The second-order valence-electron chi connectivity index (χ2n) is 7.55. The minimum Gasteiger partial charge on any atom is -0.368 e. The molecule has 158 valence electrons. The van der Waals surface area contributed by atoms with Crippen LogP contribution in [0.2, 0.25) is 0 Å². The Bertz CT molecular complexity index is 1080. The topological polar surface area (TPSA) is 116 Å². The third-order valence-electron chi connectivity index (χ3n) is 5.06. The van der Waals surface area contributed by atoms with Gasteiger partial charge in [-0.2, -0.15) is 4.98 Å². The van der Waals surface area contributed by atoms with E-state index in [1.54, 1.807) is 5.51 Å². The van der Waals surface area contributed by atoms with Crippen LogP contribution < -0.4 is 20.9 Å². The number of urea groups is 1. The second-order valence-corrected chi connectivity index (χ2v) is 8.38. The lowest BCUT2D eigenvalue weighted by atomic mass is 10.2. The van der Waals surface area contributed by atoms with Crippen LogP contribution in [0.15, 0.2) is 17.6 Å². The molecule has 1 fully saturated rings. The predicted octanol–water partition coefficient (Wildman–Crippen LogP) is 2.18. The van der Waals surface area contributed by atoms with Crippen LogP contribution in [-0.2, 0) is 0 Å². The van der Waals surface area contributed by atoms with E-state index in [1.807, 2.05) is 43.0 Å². The number of nitrogen functional groups attached to an aromatic ring is 1. The van der Waals surface area contributed by atoms with Gasteiger partial charge in [-0.05, 0) is 26.0 Å². The molecular weight excluding hydrogens is 402 g/mol. The van der Waals surface area contributed by atoms with E-state index in [2.05, 4.69) is 37.1 Å². The van der Waals surface area contributed by atoms with E-state index in [9.17, 15) is 4.79 Å². The van der Waals surface area contributed by atoms with Gasteiger partial charge in [-0.25, -0.2) is 19.7 Å². The fourth-order valence-corrected chi connectivity index (χ4v) is 4.26. The van der Waals surface area contributed by atoms with Crippen LogP contribution in [0.3, 0.4) is 0 Å². The van der Waals surface area contributed by atoms with E-state index in [4.69, 9.17) is 5.73 Å². The molecular formula is C19H25N9OS. The lowest BCUT2D eigenvalue weighted by Gasteiger charge is -2.40. The average molecular weight is 428 g/mol. The number of anilines is 4. The van der Waals surface area contributed by atoms with Crippen molar-refractivity contribution < 1.29 is 4.79 Å². The highest BCUT2D eigenvalue weighted by atomic mass is 32.1. The number of nitrogens with one attached hydrogen (secondary N) is 1. The van der Waals surface area contributed by atoms with Gasteiger partial charge in [0.2, 0.25) is 5.95 Å². The van der Waals surface area contributed by atoms with Crippen molar-refractivity contribution in [3.05, 3.63) is 23.3 Å². The number of piperazine rings is 1. The number of aryl methyl sites for hydroxylation is 1. The minimum atomic E-state index is -0.142. The number of aromatic nitrogens is 4. The minimum absolute atomic E-state index is 0.0492. The SMILES string of the molecule is Cc1ccc(NC(=O)N2CCN(c3nc(N)nc4scnc34)C(C)C2)c(N(C)C)n1. The monoisotopic (exact) mass is 427 g/mol. The fraction of sp³-hybridized carbons (Fsp3) is 0.421. The highest BCUT2D eigenvalue weighted by Gasteiger charge is 2.30. The molecule has 10 nitrogen and oxygen atoms in total. The first-order valence-electron chi connectivity index (χ1n) is 9.67. The van der Waals surface area contributed by atoms with Crippen molar-refractivity contribution in [3.8, 4) is 0 Å². The number of amides is 2. The molecule has 1 aliphatic rings. The molecule has 0 aromatic carbocycles. The van der Waals surface area contributed by atoms with Crippen LogP contribution in [0.4, 0.5) is 28.1 Å². The molecule has 11 heteroatoms. The van der Waals surface area contributed by atoms with Gasteiger partial charge in [-0.15, -0.1) is 11.3 Å². The van der Waals surface area contributed by atoms with Gasteiger partial charge in [-0.3, -0.25) is 0 Å². The molecule has 1 aliphatic heterocycles. The first-order chi connectivity index (χ1) is 14.3. The maximum atomic E-state index is 12.9. The van der Waals surface area contributed by atoms with E-state index in [-0.39, 0.29) is 18.0 Å². The quantitative estimate of drug-likeness (QED) is 0.653. The molecule has 1 unspecified atom stereocenters. The van der Waals surface area contributed by atoms with Crippen molar-refractivity contribution in [1.29, 1.82) is 0 Å². The third kappa shape index (κ3) is 3.80. The Labute approximate surface area is 178 Å². The van der Waals surface area contributed by atoms with Gasteiger partial charge in [-0.1, -0.05) is 0 Å². The molecule has 3 N–H and O–H groups in total. The molecule has 1 saturated heterocycles. The first-order valence-corrected chi connectivity index (χ1v) is 10.6. The zero-order valence-corrected chi connectivity index (χ0v) is 18.3. The van der Waals surface area contributed by atoms with Crippen molar-refractivity contribution in [3.63, 3.8) is 0 Å². The molecule has 3 aromatic rings. The number of carbonyl (C=O) groups is 1. The van der Waals surface area contributed by atoms with Gasteiger partial charge in [0.05, 0.1) is 11.2 Å². The molecule has 2 amide bonds. The lowest BCUT2D eigenvalue weighted by molar-refractivity contribution is 0.200. The Morgan fingerprint density at radius 2 is 2.07 bits per heavy atom. The molecule has 1 atom stereocenters. The van der Waals surface area contributed by atoms with Gasteiger partial charge < -0.3 is 25.8 Å². The second kappa shape index (κ2) is 7.90. The smallest absolute Gasteiger partial charge is 0.322 e. The summed E-state index contributed by atoms with van der Waals surface area (Å²) in [5.74, 6) is 1.69. The van der Waals surface area contributed by atoms with E-state index in [0.717, 1.165) is 27.7 Å². The largest absolute Gasteiger partial charge is 0.368 e. The lowest BCUT2D eigenvalue weighted by Crippen LogP contribution is -2.55. The van der Waals surface area contributed by atoms with E-state index < -0.39 is 0 Å². The number of thiazole rings is 1. The van der Waals surface area contributed by atoms with E-state index in [0.29, 0.717) is 25.3 Å². The number of hydrogen-bond donors (Lipinski definition) is 2. The summed E-state index contributed by atoms with van der Waals surface area (Å²) in [5.41, 5.74) is 9.98. The number of nitrogens with zero attached hydrogens (tertiary/aromatic N) is 7. The van der Waals surface area contributed by atoms with Crippen molar-refractivity contribution in [2.75, 3.05) is 54.6 Å². The van der Waals surface area contributed by atoms with Crippen molar-refractivity contribution in [1.82, 2.24) is 24.8 Å². The van der Waals surface area contributed by atoms with E-state index >= 15 is 0 Å². The van der Waals surface area contributed by atoms with Crippen molar-refractivity contribution in [2.24, 2.45) is 0 Å². The number of fused-ring (bicyclic) bond motifs is 1. The van der Waals surface area contributed by atoms with Gasteiger partial charge in [0.15, 0.2) is 16.5 Å². The zero-order chi connectivity index (χ0) is 21.4. The summed E-state index contributed by atoms with van der Waals surface area (Å²) >= 11 is 1.44. The first kappa shape index (κ1) is 20.1. The van der Waals surface area contributed by atoms with Gasteiger partial charge >= 0.3 is 6.03 Å². The van der Waals surface area contributed by atoms with Gasteiger partial charge in [0.1, 0.15) is 5.52 Å². The molecule has 0 aliphatic carbocycles. The van der Waals surface area contributed by atoms with Crippen LogP contribution in [-0.4, -0.2) is 70.6 Å². The molecule has 0 radical (unpaired) electrons. The maximum absolute atomic E-state index is 12.9. The Hall–Kier alpha value is -3.21. The predicted molar refractivity (Wildman–Crippen MR) is 120 cm³/mol. The zero-order valence-electron chi connectivity index (χ0n) is 17.5. The molecule has 4 heterocycles. The summed E-state index contributed by atoms with van der Waals surface area (Å²) < 4.78 is 0. The van der Waals surface area contributed by atoms with Gasteiger partial charge in [0.25, 0.3) is 0 Å². The molecule has 0 spiro atoms. The molecule has 0 bridgehead atoms. The van der Waals surface area contributed by atoms with Crippen LogP contribution in [0.25, 0.3) is 10.3 Å². The molecule has 30 heavy (non-hydrogen) atoms. The maximum Gasteiger partial charge on any atom is 0.322 e. The van der Waals surface area contributed by atoms with E-state index in [1.165, 1.54) is 11.3 Å². The van der Waals surface area contributed by atoms with Crippen molar-refractivity contribution in [2.45, 2.75) is 19.9 Å². The standard InChI is InChI=1S/C19H25N9OS/c1-11-5-6-13(15(22-11)26(3)4)23-19(29)27-7-8-28(12(2)9-27)16-14-17(30-10-21-14)25-18(20)24-16/h5-6,10,12H,7-9H2,1-4H3,(H,23,29)(H2,20,24,25). The number of pyridine rings is 1. The summed E-state index contributed by atoms with van der Waals surface area (Å²) in [6.07, 6.45) is 0. The Morgan fingerprint density at radius 1 is 1.27 bits per heavy atom. The number of nitrogens with two attached hydrogens (primary N) is 1. The highest BCUT2D eigenvalue weighted by Crippen LogP contribution is 2.29. The highest BCUT2D eigenvalue weighted by molar-refractivity contribution is 7.16. The fourth-order valence-electron chi connectivity index (χ4n) is 3.60. The average Bonchev–Trinajstić information content (AvgIpc) is 3.17. The summed E-state index contributed by atoms with van der Waals surface area (Å²) in [4.78, 5) is 37.1. The Balaban J connectivity index is 1.49. The molecule has 4 rings (SSSR count). The van der Waals surface area contributed by atoms with Crippen LogP contribution in [0, 0.1) is 6.92 Å². The summed E-state index contributed by atoms with van der Waals surface area (Å²) in [6.45, 7) is 5.73. The number of carbonyl (C=O) groups excluding carboxylic acids is 1. The number of hydrogen-bond acceptors (Lipinski definition) is 9. The van der Waals surface area contributed by atoms with Crippen LogP contribution in [0.5, 0.6) is 0 Å². The van der Waals surface area contributed by atoms with Crippen LogP contribution in [0.1, 0.15) is 12.6 Å². The third-order valence-corrected chi connectivity index (χ3v) is 5.78. The normalized spacial score (nSPS) is 16.7. The van der Waals surface area contributed by atoms with Crippen LogP contribution >= 0.6 is 11.3 Å².